The molecule has 1 aromatic heterocycles. The zero-order chi connectivity index (χ0) is 16.8. The first-order valence-corrected chi connectivity index (χ1v) is 9.14. The van der Waals surface area contributed by atoms with E-state index in [4.69, 9.17) is 9.15 Å². The summed E-state index contributed by atoms with van der Waals surface area (Å²) in [6, 6.07) is 4.53. The highest BCUT2D eigenvalue weighted by Crippen LogP contribution is 2.24. The lowest BCUT2D eigenvalue weighted by molar-refractivity contribution is 0.0890. The van der Waals surface area contributed by atoms with Gasteiger partial charge in [-0.2, -0.15) is 0 Å². The quantitative estimate of drug-likeness (QED) is 0.387. The molecule has 2 aliphatic heterocycles. The third-order valence-corrected chi connectivity index (χ3v) is 5.03. The number of nitrogens with zero attached hydrogens (tertiary/aromatic N) is 2. The first-order valence-electron chi connectivity index (χ1n) is 9.14. The average Bonchev–Trinajstić information content (AvgIpc) is 3.36. The molecule has 0 aromatic carbocycles. The minimum absolute atomic E-state index is 0. The number of hydrogen-bond donors (Lipinski definition) is 2. The summed E-state index contributed by atoms with van der Waals surface area (Å²) in [5.41, 5.74) is 0. The number of furan rings is 1. The molecule has 6 nitrogen and oxygen atoms in total. The highest BCUT2D eigenvalue weighted by Gasteiger charge is 2.27. The van der Waals surface area contributed by atoms with Gasteiger partial charge in [-0.1, -0.05) is 0 Å². The van der Waals surface area contributed by atoms with E-state index in [0.29, 0.717) is 0 Å². The molecule has 3 rings (SSSR count). The van der Waals surface area contributed by atoms with Crippen molar-refractivity contribution in [3.05, 3.63) is 24.2 Å². The maximum absolute atomic E-state index is 5.76. The van der Waals surface area contributed by atoms with E-state index in [1.165, 1.54) is 12.8 Å². The van der Waals surface area contributed by atoms with Gasteiger partial charge in [-0.25, -0.2) is 0 Å². The zero-order valence-electron chi connectivity index (χ0n) is 15.2. The monoisotopic (exact) mass is 462 g/mol. The van der Waals surface area contributed by atoms with Crippen molar-refractivity contribution in [1.82, 2.24) is 15.5 Å². The van der Waals surface area contributed by atoms with Crippen molar-refractivity contribution >= 4 is 29.9 Å². The molecule has 3 atom stereocenters. The van der Waals surface area contributed by atoms with E-state index in [1.807, 2.05) is 13.1 Å². The van der Waals surface area contributed by atoms with Gasteiger partial charge in [-0.15, -0.1) is 24.0 Å². The van der Waals surface area contributed by atoms with Crippen LogP contribution in [0.1, 0.15) is 44.4 Å². The van der Waals surface area contributed by atoms with Gasteiger partial charge in [0, 0.05) is 20.2 Å². The van der Waals surface area contributed by atoms with Crippen molar-refractivity contribution in [2.45, 2.75) is 50.8 Å². The fourth-order valence-corrected chi connectivity index (χ4v) is 3.64. The number of hydrogen-bond acceptors (Lipinski definition) is 4. The summed E-state index contributed by atoms with van der Waals surface area (Å²) in [5, 5.41) is 6.94. The Labute approximate surface area is 167 Å². The van der Waals surface area contributed by atoms with Crippen LogP contribution in [0.3, 0.4) is 0 Å². The van der Waals surface area contributed by atoms with Crippen LogP contribution in [0.25, 0.3) is 0 Å². The molecule has 0 amide bonds. The van der Waals surface area contributed by atoms with Gasteiger partial charge in [0.15, 0.2) is 5.96 Å². The molecule has 25 heavy (non-hydrogen) atoms. The molecule has 7 heteroatoms. The van der Waals surface area contributed by atoms with Crippen LogP contribution in [0.5, 0.6) is 0 Å². The van der Waals surface area contributed by atoms with Crippen molar-refractivity contribution in [2.75, 3.05) is 33.3 Å². The van der Waals surface area contributed by atoms with Crippen LogP contribution < -0.4 is 10.6 Å². The van der Waals surface area contributed by atoms with Gasteiger partial charge in [0.2, 0.25) is 0 Å². The summed E-state index contributed by atoms with van der Waals surface area (Å²) in [6.45, 7) is 6.08. The molecule has 0 radical (unpaired) electrons. The number of ether oxygens (including phenoxy) is 1. The number of guanidine groups is 1. The molecule has 0 saturated carbocycles. The second-order valence-corrected chi connectivity index (χ2v) is 6.71. The highest BCUT2D eigenvalue weighted by molar-refractivity contribution is 14.0. The van der Waals surface area contributed by atoms with E-state index in [1.54, 1.807) is 6.26 Å². The normalized spacial score (nSPS) is 23.9. The zero-order valence-corrected chi connectivity index (χ0v) is 17.6. The van der Waals surface area contributed by atoms with E-state index in [0.717, 1.165) is 50.8 Å². The van der Waals surface area contributed by atoms with Crippen LogP contribution >= 0.6 is 24.0 Å². The predicted molar refractivity (Wildman–Crippen MR) is 111 cm³/mol. The van der Waals surface area contributed by atoms with Crippen LogP contribution in [-0.4, -0.2) is 56.3 Å². The molecule has 0 spiro atoms. The Kier molecular flexibility index (Phi) is 8.51. The molecular formula is C18H31IN4O2. The van der Waals surface area contributed by atoms with Gasteiger partial charge in [-0.3, -0.25) is 9.89 Å². The van der Waals surface area contributed by atoms with Crippen LogP contribution in [0.15, 0.2) is 27.8 Å². The van der Waals surface area contributed by atoms with E-state index < -0.39 is 0 Å². The molecule has 2 fully saturated rings. The lowest BCUT2D eigenvalue weighted by atomic mass is 10.1. The molecule has 3 unspecified atom stereocenters. The Hall–Kier alpha value is -0.800. The van der Waals surface area contributed by atoms with E-state index in [9.17, 15) is 0 Å². The summed E-state index contributed by atoms with van der Waals surface area (Å²) in [4.78, 5) is 6.86. The molecule has 1 aromatic rings. The smallest absolute Gasteiger partial charge is 0.191 e. The van der Waals surface area contributed by atoms with Crippen molar-refractivity contribution < 1.29 is 9.15 Å². The van der Waals surface area contributed by atoms with Crippen molar-refractivity contribution in [2.24, 2.45) is 4.99 Å². The lowest BCUT2D eigenvalue weighted by Crippen LogP contribution is -2.48. The lowest BCUT2D eigenvalue weighted by Gasteiger charge is -2.28. The second-order valence-electron chi connectivity index (χ2n) is 6.71. The van der Waals surface area contributed by atoms with Crippen LogP contribution in [-0.2, 0) is 4.74 Å². The van der Waals surface area contributed by atoms with Crippen LogP contribution in [0.4, 0.5) is 0 Å². The Balaban J connectivity index is 0.00000225. The van der Waals surface area contributed by atoms with Crippen molar-refractivity contribution in [3.63, 3.8) is 0 Å². The van der Waals surface area contributed by atoms with Crippen molar-refractivity contribution in [1.29, 1.82) is 0 Å². The van der Waals surface area contributed by atoms with Gasteiger partial charge in [0.05, 0.1) is 24.5 Å². The average molecular weight is 462 g/mol. The highest BCUT2D eigenvalue weighted by atomic mass is 127. The molecule has 2 aliphatic rings. The second kappa shape index (κ2) is 10.4. The summed E-state index contributed by atoms with van der Waals surface area (Å²) in [5.74, 6) is 1.85. The van der Waals surface area contributed by atoms with Crippen molar-refractivity contribution in [3.8, 4) is 0 Å². The first kappa shape index (κ1) is 20.5. The number of likely N-dealkylation sites (tertiary alicyclic amines) is 1. The Morgan fingerprint density at radius 1 is 1.36 bits per heavy atom. The number of rotatable bonds is 6. The molecule has 0 bridgehead atoms. The number of halogens is 1. The Bertz CT molecular complexity index is 511. The van der Waals surface area contributed by atoms with Gasteiger partial charge in [0.25, 0.3) is 0 Å². The predicted octanol–water partition coefficient (Wildman–Crippen LogP) is 2.77. The van der Waals surface area contributed by atoms with Crippen LogP contribution in [0, 0.1) is 0 Å². The summed E-state index contributed by atoms with van der Waals surface area (Å²) in [7, 11) is 1.81. The molecule has 2 saturated heterocycles. The standard InChI is InChI=1S/C18H30N4O2.HI/c1-14(16-7-5-11-23-16)21-18(19-2)20-13-15(17-8-6-12-24-17)22-9-3-4-10-22;/h6,8,12,14-16H,3-5,7,9-11,13H2,1-2H3,(H2,19,20,21);1H. The van der Waals surface area contributed by atoms with E-state index in [-0.39, 0.29) is 42.2 Å². The molecule has 2 N–H and O–H groups in total. The Morgan fingerprint density at radius 3 is 2.76 bits per heavy atom. The maximum Gasteiger partial charge on any atom is 0.191 e. The summed E-state index contributed by atoms with van der Waals surface area (Å²) >= 11 is 0. The van der Waals surface area contributed by atoms with Gasteiger partial charge >= 0.3 is 0 Å². The molecule has 3 heterocycles. The van der Waals surface area contributed by atoms with E-state index in [2.05, 4.69) is 33.5 Å². The minimum Gasteiger partial charge on any atom is -0.468 e. The molecule has 142 valence electrons. The Morgan fingerprint density at radius 2 is 2.16 bits per heavy atom. The third kappa shape index (κ3) is 5.59. The minimum atomic E-state index is 0. The maximum atomic E-state index is 5.76. The summed E-state index contributed by atoms with van der Waals surface area (Å²) in [6.07, 6.45) is 6.83. The first-order chi connectivity index (χ1) is 11.8. The largest absolute Gasteiger partial charge is 0.468 e. The SMILES string of the molecule is CN=C(NCC(c1ccco1)N1CCCC1)NC(C)C1CCCO1.I. The van der Waals surface area contributed by atoms with Gasteiger partial charge in [-0.05, 0) is 57.8 Å². The fraction of sp³-hybridized carbons (Fsp3) is 0.722. The number of aliphatic imine (C=N–C) groups is 1. The molecular weight excluding hydrogens is 431 g/mol. The third-order valence-electron chi connectivity index (χ3n) is 5.03. The molecule has 0 aliphatic carbocycles. The topological polar surface area (TPSA) is 62.0 Å². The van der Waals surface area contributed by atoms with Crippen LogP contribution in [0.2, 0.25) is 0 Å². The number of nitrogens with one attached hydrogen (secondary N) is 2. The van der Waals surface area contributed by atoms with Gasteiger partial charge < -0.3 is 19.8 Å². The van der Waals surface area contributed by atoms with Gasteiger partial charge in [0.1, 0.15) is 5.76 Å². The fourth-order valence-electron chi connectivity index (χ4n) is 3.64. The summed E-state index contributed by atoms with van der Waals surface area (Å²) < 4.78 is 11.4. The van der Waals surface area contributed by atoms with E-state index >= 15 is 0 Å².